The van der Waals surface area contributed by atoms with Crippen LogP contribution in [0.5, 0.6) is 5.75 Å². The summed E-state index contributed by atoms with van der Waals surface area (Å²) in [6, 6.07) is 8.00. The Kier molecular flexibility index (Phi) is 4.59. The summed E-state index contributed by atoms with van der Waals surface area (Å²) in [5.41, 5.74) is -0.104. The molecular weight excluding hydrogens is 326 g/mol. The van der Waals surface area contributed by atoms with E-state index in [4.69, 9.17) is 11.6 Å². The van der Waals surface area contributed by atoms with Gasteiger partial charge in [-0.1, -0.05) is 23.7 Å². The highest BCUT2D eigenvalue weighted by Crippen LogP contribution is 2.27. The number of anilines is 1. The molecule has 0 unspecified atom stereocenters. The van der Waals surface area contributed by atoms with E-state index >= 15 is 0 Å². The van der Waals surface area contributed by atoms with Crippen molar-refractivity contribution in [3.8, 4) is 5.75 Å². The maximum absolute atomic E-state index is 12.3. The number of pyridine rings is 1. The second-order valence-electron chi connectivity index (χ2n) is 3.80. The van der Waals surface area contributed by atoms with Crippen LogP contribution in [0.4, 0.5) is 14.5 Å². The second-order valence-corrected chi connectivity index (χ2v) is 5.87. The van der Waals surface area contributed by atoms with Gasteiger partial charge >= 0.3 is 6.61 Å². The number of nitrogens with one attached hydrogen (secondary N) is 1. The molecule has 0 aliphatic carbocycles. The molecule has 0 spiro atoms. The summed E-state index contributed by atoms with van der Waals surface area (Å²) in [5.74, 6) is -0.280. The normalized spacial score (nSPS) is 11.4. The van der Waals surface area contributed by atoms with Gasteiger partial charge in [-0.05, 0) is 24.3 Å². The molecule has 5 nitrogen and oxygen atoms in total. The lowest BCUT2D eigenvalue weighted by atomic mass is 10.3. The van der Waals surface area contributed by atoms with Crippen molar-refractivity contribution in [3.63, 3.8) is 0 Å². The van der Waals surface area contributed by atoms with Gasteiger partial charge in [-0.3, -0.25) is 4.72 Å². The summed E-state index contributed by atoms with van der Waals surface area (Å²) in [6.45, 7) is -3.06. The van der Waals surface area contributed by atoms with Crippen LogP contribution < -0.4 is 9.46 Å². The van der Waals surface area contributed by atoms with Crippen LogP contribution in [0, 0.1) is 0 Å². The number of rotatable bonds is 5. The van der Waals surface area contributed by atoms with Crippen molar-refractivity contribution in [2.45, 2.75) is 11.5 Å². The smallest absolute Gasteiger partial charge is 0.387 e. The lowest BCUT2D eigenvalue weighted by molar-refractivity contribution is -0.0493. The average Bonchev–Trinajstić information content (AvgIpc) is 2.40. The highest BCUT2D eigenvalue weighted by molar-refractivity contribution is 7.92. The number of halogens is 3. The minimum absolute atomic E-state index is 0.104. The van der Waals surface area contributed by atoms with E-state index in [1.54, 1.807) is 0 Å². The molecule has 9 heteroatoms. The minimum Gasteiger partial charge on any atom is -0.433 e. The van der Waals surface area contributed by atoms with Crippen molar-refractivity contribution < 1.29 is 21.9 Å². The van der Waals surface area contributed by atoms with E-state index in [1.807, 2.05) is 0 Å². The molecular formula is C12H9ClF2N2O3S. The summed E-state index contributed by atoms with van der Waals surface area (Å²) in [4.78, 5) is 3.50. The number of ether oxygens (including phenoxy) is 1. The highest BCUT2D eigenvalue weighted by atomic mass is 35.5. The number of hydrogen-bond donors (Lipinski definition) is 1. The van der Waals surface area contributed by atoms with Crippen LogP contribution in [0.1, 0.15) is 0 Å². The first-order valence-corrected chi connectivity index (χ1v) is 7.43. The van der Waals surface area contributed by atoms with Crippen LogP contribution in [0.25, 0.3) is 0 Å². The van der Waals surface area contributed by atoms with Crippen LogP contribution in [0.2, 0.25) is 5.15 Å². The molecule has 0 bridgehead atoms. The van der Waals surface area contributed by atoms with E-state index in [1.165, 1.54) is 36.4 Å². The van der Waals surface area contributed by atoms with E-state index in [9.17, 15) is 17.2 Å². The first kappa shape index (κ1) is 15.5. The second kappa shape index (κ2) is 6.23. The molecule has 0 saturated heterocycles. The van der Waals surface area contributed by atoms with Gasteiger partial charge in [0.05, 0.1) is 5.69 Å². The molecule has 2 aromatic rings. The molecule has 0 atom stereocenters. The van der Waals surface area contributed by atoms with Gasteiger partial charge in [-0.25, -0.2) is 13.4 Å². The summed E-state index contributed by atoms with van der Waals surface area (Å²) in [5, 5.41) is 0.135. The van der Waals surface area contributed by atoms with Gasteiger partial charge in [0.15, 0.2) is 0 Å². The largest absolute Gasteiger partial charge is 0.433 e. The Hall–Kier alpha value is -1.93. The fraction of sp³-hybridized carbons (Fsp3) is 0.0833. The van der Waals surface area contributed by atoms with Gasteiger partial charge in [-0.15, -0.1) is 0 Å². The Bertz CT molecular complexity index is 724. The van der Waals surface area contributed by atoms with Gasteiger partial charge in [0.1, 0.15) is 15.8 Å². The third-order valence-corrected chi connectivity index (χ3v) is 3.93. The number of sulfonamides is 1. The van der Waals surface area contributed by atoms with Crippen molar-refractivity contribution in [2.24, 2.45) is 0 Å². The van der Waals surface area contributed by atoms with Crippen molar-refractivity contribution >= 4 is 27.3 Å². The van der Waals surface area contributed by atoms with E-state index in [-0.39, 0.29) is 21.5 Å². The van der Waals surface area contributed by atoms with Gasteiger partial charge in [-0.2, -0.15) is 8.78 Å². The van der Waals surface area contributed by atoms with Crippen molar-refractivity contribution in [2.75, 3.05) is 4.72 Å². The van der Waals surface area contributed by atoms with Gasteiger partial charge < -0.3 is 4.74 Å². The molecule has 112 valence electrons. The summed E-state index contributed by atoms with van der Waals surface area (Å²) >= 11 is 5.57. The van der Waals surface area contributed by atoms with Crippen molar-refractivity contribution in [1.82, 2.24) is 4.98 Å². The van der Waals surface area contributed by atoms with Crippen molar-refractivity contribution in [3.05, 3.63) is 47.7 Å². The standard InChI is InChI=1S/C12H9ClF2N2O3S/c13-11-6-5-8(7-16-11)21(18,19)17-9-3-1-2-4-10(9)20-12(14)15/h1-7,12,17H. The third-order valence-electron chi connectivity index (χ3n) is 2.36. The van der Waals surface area contributed by atoms with Crippen LogP contribution >= 0.6 is 11.6 Å². The molecule has 1 N–H and O–H groups in total. The number of para-hydroxylation sites is 2. The van der Waals surface area contributed by atoms with Crippen LogP contribution in [-0.4, -0.2) is 20.0 Å². The quantitative estimate of drug-likeness (QED) is 0.853. The molecule has 1 heterocycles. The Balaban J connectivity index is 2.30. The Morgan fingerprint density at radius 3 is 2.52 bits per heavy atom. The van der Waals surface area contributed by atoms with E-state index in [0.717, 1.165) is 6.20 Å². The highest BCUT2D eigenvalue weighted by Gasteiger charge is 2.18. The molecule has 0 aliphatic rings. The zero-order chi connectivity index (χ0) is 15.5. The fourth-order valence-corrected chi connectivity index (χ4v) is 2.60. The van der Waals surface area contributed by atoms with Crippen LogP contribution in [-0.2, 0) is 10.0 Å². The molecule has 0 fully saturated rings. The monoisotopic (exact) mass is 334 g/mol. The summed E-state index contributed by atoms with van der Waals surface area (Å²) < 4.78 is 55.2. The summed E-state index contributed by atoms with van der Waals surface area (Å²) in [7, 11) is -3.98. The molecule has 0 saturated carbocycles. The SMILES string of the molecule is O=S(=O)(Nc1ccccc1OC(F)F)c1ccc(Cl)nc1. The maximum atomic E-state index is 12.3. The lowest BCUT2D eigenvalue weighted by Gasteiger charge is -2.12. The first-order valence-electron chi connectivity index (χ1n) is 5.57. The molecule has 0 amide bonds. The predicted octanol–water partition coefficient (Wildman–Crippen LogP) is 3.14. The lowest BCUT2D eigenvalue weighted by Crippen LogP contribution is -2.14. The number of hydrogen-bond acceptors (Lipinski definition) is 4. The minimum atomic E-state index is -3.98. The van der Waals surface area contributed by atoms with E-state index < -0.39 is 16.6 Å². The van der Waals surface area contributed by atoms with E-state index in [2.05, 4.69) is 14.4 Å². The number of benzene rings is 1. The summed E-state index contributed by atoms with van der Waals surface area (Å²) in [6.07, 6.45) is 1.06. The van der Waals surface area contributed by atoms with Crippen molar-refractivity contribution in [1.29, 1.82) is 0 Å². The van der Waals surface area contributed by atoms with Gasteiger partial charge in [0, 0.05) is 6.20 Å². The number of aromatic nitrogens is 1. The molecule has 2 rings (SSSR count). The molecule has 0 radical (unpaired) electrons. The van der Waals surface area contributed by atoms with Gasteiger partial charge in [0.25, 0.3) is 10.0 Å². The molecule has 1 aromatic heterocycles. The Morgan fingerprint density at radius 1 is 1.19 bits per heavy atom. The Morgan fingerprint density at radius 2 is 1.90 bits per heavy atom. The van der Waals surface area contributed by atoms with Crippen LogP contribution in [0.3, 0.4) is 0 Å². The third kappa shape index (κ3) is 4.02. The zero-order valence-corrected chi connectivity index (χ0v) is 11.9. The molecule has 21 heavy (non-hydrogen) atoms. The average molecular weight is 335 g/mol. The van der Waals surface area contributed by atoms with Crippen LogP contribution in [0.15, 0.2) is 47.5 Å². The number of nitrogens with zero attached hydrogens (tertiary/aromatic N) is 1. The molecule has 1 aromatic carbocycles. The first-order chi connectivity index (χ1) is 9.88. The molecule has 0 aliphatic heterocycles. The topological polar surface area (TPSA) is 68.3 Å². The Labute approximate surface area is 124 Å². The zero-order valence-electron chi connectivity index (χ0n) is 10.3. The maximum Gasteiger partial charge on any atom is 0.387 e. The fourth-order valence-electron chi connectivity index (χ4n) is 1.47. The predicted molar refractivity (Wildman–Crippen MR) is 73.1 cm³/mol. The van der Waals surface area contributed by atoms with Gasteiger partial charge in [0.2, 0.25) is 0 Å². The number of alkyl halides is 2. The van der Waals surface area contributed by atoms with E-state index in [0.29, 0.717) is 0 Å².